The Morgan fingerprint density at radius 1 is 0.359 bits per heavy atom. The zero-order valence-electron chi connectivity index (χ0n) is 24.0. The molecule has 0 unspecified atom stereocenters. The van der Waals surface area contributed by atoms with E-state index in [2.05, 4.69) is 95.3 Å². The molecule has 0 aliphatic carbocycles. The number of hydrogen-bond donors (Lipinski definition) is 2. The fourth-order valence-electron chi connectivity index (χ4n) is 3.07. The summed E-state index contributed by atoms with van der Waals surface area (Å²) in [5, 5.41) is 17.3. The van der Waals surface area contributed by atoms with E-state index in [1.807, 2.05) is 42.5 Å². The SMILES string of the molecule is CC(C)c1ccccc1.CC(C)c1ccccc1.Cc1ccccc1.Oc1ccccc1.Oc1ccccc1. The highest BCUT2D eigenvalue weighted by Gasteiger charge is 1.94. The molecule has 0 saturated carbocycles. The van der Waals surface area contributed by atoms with Gasteiger partial charge in [-0.05, 0) is 54.2 Å². The van der Waals surface area contributed by atoms with E-state index in [-0.39, 0.29) is 0 Å². The van der Waals surface area contributed by atoms with Gasteiger partial charge in [0.05, 0.1) is 0 Å². The van der Waals surface area contributed by atoms with E-state index in [9.17, 15) is 0 Å². The maximum atomic E-state index is 8.63. The van der Waals surface area contributed by atoms with Gasteiger partial charge in [-0.2, -0.15) is 0 Å². The maximum Gasteiger partial charge on any atom is 0.115 e. The largest absolute Gasteiger partial charge is 0.508 e. The Morgan fingerprint density at radius 2 is 0.590 bits per heavy atom. The smallest absolute Gasteiger partial charge is 0.115 e. The lowest BCUT2D eigenvalue weighted by molar-refractivity contribution is 0.475. The normalized spacial score (nSPS) is 9.31. The van der Waals surface area contributed by atoms with Gasteiger partial charge in [-0.25, -0.2) is 0 Å². The summed E-state index contributed by atoms with van der Waals surface area (Å²) in [5.74, 6) is 1.96. The van der Waals surface area contributed by atoms with Crippen molar-refractivity contribution >= 4 is 0 Å². The van der Waals surface area contributed by atoms with E-state index in [0.717, 1.165) is 0 Å². The molecule has 0 spiro atoms. The standard InChI is InChI=1S/2C9H12.C7H8.2C6H6O/c2*1-8(2)9-6-4-3-5-7-9;1-7-5-3-2-4-6-7;2*7-6-4-2-1-3-5-6/h2*3-8H,1-2H3;2-6H,1H3;2*1-5,7H. The van der Waals surface area contributed by atoms with Gasteiger partial charge in [-0.3, -0.25) is 0 Å². The number of benzene rings is 5. The third-order valence-corrected chi connectivity index (χ3v) is 5.39. The predicted molar refractivity (Wildman–Crippen MR) is 168 cm³/mol. The van der Waals surface area contributed by atoms with Crippen molar-refractivity contribution in [1.29, 1.82) is 0 Å². The summed E-state index contributed by atoms with van der Waals surface area (Å²) in [4.78, 5) is 0. The first-order chi connectivity index (χ1) is 18.8. The lowest BCUT2D eigenvalue weighted by Gasteiger charge is -2.01. The van der Waals surface area contributed by atoms with E-state index >= 15 is 0 Å². The number of para-hydroxylation sites is 2. The van der Waals surface area contributed by atoms with Gasteiger partial charge in [0, 0.05) is 0 Å². The van der Waals surface area contributed by atoms with Gasteiger partial charge in [0.1, 0.15) is 11.5 Å². The number of phenols is 2. The molecule has 0 atom stereocenters. The molecule has 0 bridgehead atoms. The van der Waals surface area contributed by atoms with Gasteiger partial charge >= 0.3 is 0 Å². The summed E-state index contributed by atoms with van der Waals surface area (Å²) in [7, 11) is 0. The number of rotatable bonds is 2. The maximum absolute atomic E-state index is 8.63. The van der Waals surface area contributed by atoms with Gasteiger partial charge in [0.15, 0.2) is 0 Å². The molecule has 39 heavy (non-hydrogen) atoms. The Labute approximate surface area is 236 Å². The molecule has 2 N–H and O–H groups in total. The van der Waals surface area contributed by atoms with Crippen molar-refractivity contribution in [3.8, 4) is 11.5 Å². The zero-order valence-corrected chi connectivity index (χ0v) is 24.0. The molecule has 0 aliphatic heterocycles. The molecule has 0 amide bonds. The van der Waals surface area contributed by atoms with Gasteiger partial charge < -0.3 is 10.2 Å². The number of aromatic hydroxyl groups is 2. The first-order valence-electron chi connectivity index (χ1n) is 13.4. The molecule has 0 aliphatic rings. The summed E-state index contributed by atoms with van der Waals surface area (Å²) >= 11 is 0. The number of hydrogen-bond acceptors (Lipinski definition) is 2. The molecule has 0 saturated heterocycles. The summed E-state index contributed by atoms with van der Waals surface area (Å²) in [6.45, 7) is 10.9. The van der Waals surface area contributed by atoms with Crippen molar-refractivity contribution in [2.75, 3.05) is 0 Å². The second-order valence-corrected chi connectivity index (χ2v) is 9.46. The van der Waals surface area contributed by atoms with Crippen molar-refractivity contribution in [3.63, 3.8) is 0 Å². The lowest BCUT2D eigenvalue weighted by Crippen LogP contribution is -1.83. The number of aryl methyl sites for hydroxylation is 1. The summed E-state index contributed by atoms with van der Waals surface area (Å²) < 4.78 is 0. The highest BCUT2D eigenvalue weighted by Crippen LogP contribution is 2.12. The molecule has 2 nitrogen and oxygen atoms in total. The topological polar surface area (TPSA) is 40.5 Å². The molecule has 0 aromatic heterocycles. The van der Waals surface area contributed by atoms with Gasteiger partial charge in [0.2, 0.25) is 0 Å². The van der Waals surface area contributed by atoms with Gasteiger partial charge in [-0.1, -0.05) is 161 Å². The first kappa shape index (κ1) is 32.7. The molecule has 204 valence electrons. The third-order valence-electron chi connectivity index (χ3n) is 5.39. The van der Waals surface area contributed by atoms with Crippen LogP contribution < -0.4 is 0 Å². The van der Waals surface area contributed by atoms with Crippen LogP contribution in [0.2, 0.25) is 0 Å². The van der Waals surface area contributed by atoms with Crippen molar-refractivity contribution in [3.05, 3.63) is 168 Å². The van der Waals surface area contributed by atoms with Crippen LogP contribution in [-0.4, -0.2) is 10.2 Å². The van der Waals surface area contributed by atoms with Crippen LogP contribution in [-0.2, 0) is 0 Å². The molecular weight excluding hydrogens is 476 g/mol. The molecule has 5 aromatic carbocycles. The third kappa shape index (κ3) is 17.7. The van der Waals surface area contributed by atoms with Gasteiger partial charge in [-0.15, -0.1) is 0 Å². The van der Waals surface area contributed by atoms with E-state index < -0.39 is 0 Å². The van der Waals surface area contributed by atoms with E-state index in [1.54, 1.807) is 48.5 Å². The molecule has 0 heterocycles. The fourth-order valence-corrected chi connectivity index (χ4v) is 3.07. The van der Waals surface area contributed by atoms with Crippen LogP contribution in [0.4, 0.5) is 0 Å². The molecule has 5 rings (SSSR count). The van der Waals surface area contributed by atoms with E-state index in [1.165, 1.54) is 16.7 Å². The van der Waals surface area contributed by atoms with Crippen LogP contribution in [0.25, 0.3) is 0 Å². The minimum Gasteiger partial charge on any atom is -0.508 e. The van der Waals surface area contributed by atoms with Crippen molar-refractivity contribution in [1.82, 2.24) is 0 Å². The molecular formula is C37H44O2. The summed E-state index contributed by atoms with van der Waals surface area (Å²) in [5.41, 5.74) is 4.15. The minimum absolute atomic E-state index is 0.322. The van der Waals surface area contributed by atoms with Crippen LogP contribution in [0.1, 0.15) is 56.2 Å². The second-order valence-electron chi connectivity index (χ2n) is 9.46. The Morgan fingerprint density at radius 3 is 0.718 bits per heavy atom. The van der Waals surface area contributed by atoms with E-state index in [4.69, 9.17) is 10.2 Å². The van der Waals surface area contributed by atoms with Crippen LogP contribution in [0, 0.1) is 6.92 Å². The van der Waals surface area contributed by atoms with Crippen molar-refractivity contribution in [2.24, 2.45) is 0 Å². The summed E-state index contributed by atoms with van der Waals surface area (Å²) in [6.07, 6.45) is 0. The van der Waals surface area contributed by atoms with Crippen LogP contribution in [0.3, 0.4) is 0 Å². The van der Waals surface area contributed by atoms with Crippen LogP contribution in [0.5, 0.6) is 11.5 Å². The van der Waals surface area contributed by atoms with E-state index in [0.29, 0.717) is 23.3 Å². The first-order valence-corrected chi connectivity index (χ1v) is 13.4. The Balaban J connectivity index is 0.000000245. The van der Waals surface area contributed by atoms with Crippen LogP contribution >= 0.6 is 0 Å². The van der Waals surface area contributed by atoms with Crippen molar-refractivity contribution < 1.29 is 10.2 Å². The Hall–Kier alpha value is -4.30. The fraction of sp³-hybridized carbons (Fsp3) is 0.189. The molecule has 2 heteroatoms. The second kappa shape index (κ2) is 20.7. The Bertz CT molecular complexity index is 1060. The monoisotopic (exact) mass is 520 g/mol. The molecule has 5 aromatic rings. The quantitative estimate of drug-likeness (QED) is 0.243. The highest BCUT2D eigenvalue weighted by molar-refractivity contribution is 5.20. The van der Waals surface area contributed by atoms with Crippen LogP contribution in [0.15, 0.2) is 152 Å². The summed E-state index contributed by atoms with van der Waals surface area (Å²) in [6, 6.07) is 48.7. The van der Waals surface area contributed by atoms with Crippen molar-refractivity contribution in [2.45, 2.75) is 46.5 Å². The zero-order chi connectivity index (χ0) is 28.7. The minimum atomic E-state index is 0.322. The predicted octanol–water partition coefficient (Wildman–Crippen LogP) is 10.4. The highest BCUT2D eigenvalue weighted by atomic mass is 16.3. The average molecular weight is 521 g/mol. The number of phenolic OH excluding ortho intramolecular Hbond substituents is 2. The average Bonchev–Trinajstić information content (AvgIpc) is 2.97. The van der Waals surface area contributed by atoms with Gasteiger partial charge in [0.25, 0.3) is 0 Å². The Kier molecular flexibility index (Phi) is 17.4. The molecule has 0 fully saturated rings. The lowest BCUT2D eigenvalue weighted by atomic mass is 10.0. The molecule has 0 radical (unpaired) electrons.